The van der Waals surface area contributed by atoms with Gasteiger partial charge in [0.15, 0.2) is 0 Å². The molecule has 6 rings (SSSR count). The van der Waals surface area contributed by atoms with E-state index < -0.39 is 11.4 Å². The van der Waals surface area contributed by atoms with Crippen molar-refractivity contribution < 1.29 is 15.0 Å². The van der Waals surface area contributed by atoms with Crippen molar-refractivity contribution in [2.24, 2.45) is 56.7 Å². The molecule has 4 fully saturated rings. The van der Waals surface area contributed by atoms with Crippen molar-refractivity contribution in [2.75, 3.05) is 0 Å². The molecule has 1 aromatic rings. The molecule has 1 aromatic carbocycles. The number of rotatable bonds is 3. The van der Waals surface area contributed by atoms with Crippen molar-refractivity contribution in [1.29, 1.82) is 0 Å². The van der Waals surface area contributed by atoms with Gasteiger partial charge in [-0.3, -0.25) is 4.79 Å². The summed E-state index contributed by atoms with van der Waals surface area (Å²) >= 11 is 0. The molecule has 0 amide bonds. The third kappa shape index (κ3) is 3.37. The normalized spacial score (nSPS) is 46.2. The van der Waals surface area contributed by atoms with Gasteiger partial charge >= 0.3 is 5.97 Å². The summed E-state index contributed by atoms with van der Waals surface area (Å²) in [7, 11) is 0. The first-order valence-electron chi connectivity index (χ1n) is 15.6. The zero-order valence-corrected chi connectivity index (χ0v) is 25.1. The first-order chi connectivity index (χ1) is 18.2. The van der Waals surface area contributed by atoms with Crippen LogP contribution < -0.4 is 0 Å². The van der Waals surface area contributed by atoms with E-state index in [4.69, 9.17) is 0 Å². The van der Waals surface area contributed by atoms with E-state index in [-0.39, 0.29) is 27.6 Å². The fraction of sp³-hybridized carbons (Fsp3) is 0.694. The lowest BCUT2D eigenvalue weighted by Crippen LogP contribution is -2.65. The number of benzene rings is 1. The zero-order valence-electron chi connectivity index (χ0n) is 25.1. The molecule has 0 aromatic heterocycles. The lowest BCUT2D eigenvalue weighted by Gasteiger charge is -2.72. The Morgan fingerprint density at radius 1 is 0.872 bits per heavy atom. The van der Waals surface area contributed by atoms with E-state index in [1.165, 1.54) is 36.0 Å². The van der Waals surface area contributed by atoms with Crippen molar-refractivity contribution in [3.63, 3.8) is 0 Å². The van der Waals surface area contributed by atoms with Gasteiger partial charge in [0.05, 0.1) is 5.41 Å². The zero-order chi connectivity index (χ0) is 28.2. The van der Waals surface area contributed by atoms with E-state index in [0.717, 1.165) is 38.5 Å². The number of hydrogen-bond acceptors (Lipinski definition) is 2. The molecular formula is C36H50O3. The Kier molecular flexibility index (Phi) is 5.91. The third-order valence-electron chi connectivity index (χ3n) is 14.2. The van der Waals surface area contributed by atoms with Gasteiger partial charge < -0.3 is 10.2 Å². The predicted molar refractivity (Wildman–Crippen MR) is 158 cm³/mol. The lowest BCUT2D eigenvalue weighted by atomic mass is 9.32. The summed E-state index contributed by atoms with van der Waals surface area (Å²) in [6, 6.07) is 7.81. The van der Waals surface area contributed by atoms with Gasteiger partial charge in [-0.25, -0.2) is 0 Å². The number of hydrogen-bond donors (Lipinski definition) is 2. The van der Waals surface area contributed by atoms with Gasteiger partial charge in [-0.2, -0.15) is 0 Å². The van der Waals surface area contributed by atoms with Crippen molar-refractivity contribution in [2.45, 2.75) is 99.3 Å². The molecule has 5 aliphatic rings. The van der Waals surface area contributed by atoms with E-state index in [0.29, 0.717) is 29.4 Å². The van der Waals surface area contributed by atoms with Crippen molar-refractivity contribution in [3.05, 3.63) is 48.1 Å². The third-order valence-corrected chi connectivity index (χ3v) is 14.2. The standard InChI is InChI=1S/C36H50O3/c1-22(2)25-14-19-36(31(38)39)21-20-34(6)27(30(25)36)12-13-29-33(5)17-15-26(23-8-10-24(37)11-9-23)32(3,4)28(33)16-18-35(29,34)7/h8-11,15,25,27-30,37H,1,12-14,16-21H2,2-7H3,(H,38,39)/t25-,27+,28-,29+,30?,33-,34+,35+,36-/m0/s1. The Balaban J connectivity index is 1.39. The summed E-state index contributed by atoms with van der Waals surface area (Å²) in [6.45, 7) is 19.3. The van der Waals surface area contributed by atoms with E-state index in [9.17, 15) is 15.0 Å². The van der Waals surface area contributed by atoms with Crippen LogP contribution >= 0.6 is 0 Å². The van der Waals surface area contributed by atoms with Crippen molar-refractivity contribution in [3.8, 4) is 5.75 Å². The molecule has 9 atom stereocenters. The summed E-state index contributed by atoms with van der Waals surface area (Å²) in [4.78, 5) is 12.9. The number of fused-ring (bicyclic) bond motifs is 7. The highest BCUT2D eigenvalue weighted by Crippen LogP contribution is 2.77. The van der Waals surface area contributed by atoms with Crippen LogP contribution in [0.2, 0.25) is 0 Å². The Morgan fingerprint density at radius 2 is 1.56 bits per heavy atom. The van der Waals surface area contributed by atoms with Crippen LogP contribution in [0.15, 0.2) is 42.5 Å². The Bertz CT molecular complexity index is 1220. The molecule has 39 heavy (non-hydrogen) atoms. The topological polar surface area (TPSA) is 57.5 Å². The van der Waals surface area contributed by atoms with E-state index in [2.05, 4.69) is 66.3 Å². The maximum absolute atomic E-state index is 12.9. The van der Waals surface area contributed by atoms with Crippen LogP contribution in [0.25, 0.3) is 5.57 Å². The molecule has 3 nitrogen and oxygen atoms in total. The second-order valence-corrected chi connectivity index (χ2v) is 15.7. The second kappa shape index (κ2) is 8.49. The molecule has 0 radical (unpaired) electrons. The minimum Gasteiger partial charge on any atom is -0.508 e. The first-order valence-corrected chi connectivity index (χ1v) is 15.6. The highest BCUT2D eigenvalue weighted by atomic mass is 16.4. The largest absolute Gasteiger partial charge is 0.508 e. The quantitative estimate of drug-likeness (QED) is 0.383. The monoisotopic (exact) mass is 530 g/mol. The van der Waals surface area contributed by atoms with E-state index >= 15 is 0 Å². The Morgan fingerprint density at radius 3 is 2.21 bits per heavy atom. The van der Waals surface area contributed by atoms with Crippen LogP contribution in [0.3, 0.4) is 0 Å². The van der Waals surface area contributed by atoms with Gasteiger partial charge in [-0.05, 0) is 139 Å². The second-order valence-electron chi connectivity index (χ2n) is 15.7. The average Bonchev–Trinajstić information content (AvgIpc) is 3.27. The minimum absolute atomic E-state index is 0.0601. The highest BCUT2D eigenvalue weighted by molar-refractivity contribution is 5.76. The predicted octanol–water partition coefficient (Wildman–Crippen LogP) is 9.13. The summed E-state index contributed by atoms with van der Waals surface area (Å²) in [5, 5.41) is 20.5. The summed E-state index contributed by atoms with van der Waals surface area (Å²) < 4.78 is 0. The van der Waals surface area contributed by atoms with Crippen molar-refractivity contribution in [1.82, 2.24) is 0 Å². The summed E-state index contributed by atoms with van der Waals surface area (Å²) in [5.74, 6) is 2.08. The SMILES string of the molecule is C=C(C)[C@@H]1CC[C@]2(C(=O)O)CC[C@]3(C)[C@H](CC[C@@H]4[C@@]5(C)CC=C(c6ccc(O)cc6)C(C)(C)[C@@H]5CC[C@]43C)C12. The number of phenols is 1. The van der Waals surface area contributed by atoms with Crippen LogP contribution in [-0.2, 0) is 4.79 Å². The number of carbonyl (C=O) groups is 1. The van der Waals surface area contributed by atoms with Gasteiger partial charge in [0, 0.05) is 0 Å². The molecule has 0 heterocycles. The van der Waals surface area contributed by atoms with Gasteiger partial charge in [-0.15, -0.1) is 0 Å². The van der Waals surface area contributed by atoms with Crippen LogP contribution in [0.1, 0.15) is 105 Å². The molecule has 0 bridgehead atoms. The average molecular weight is 531 g/mol. The lowest BCUT2D eigenvalue weighted by molar-refractivity contribution is -0.227. The van der Waals surface area contributed by atoms with Crippen LogP contribution in [0.4, 0.5) is 0 Å². The molecule has 4 saturated carbocycles. The number of aromatic hydroxyl groups is 1. The van der Waals surface area contributed by atoms with Gasteiger partial charge in [0.25, 0.3) is 0 Å². The van der Waals surface area contributed by atoms with Gasteiger partial charge in [-0.1, -0.05) is 65.0 Å². The fourth-order valence-electron chi connectivity index (χ4n) is 12.3. The Hall–Kier alpha value is -2.03. The maximum atomic E-state index is 12.9. The molecule has 1 unspecified atom stereocenters. The number of carboxylic acid groups (broad SMARTS) is 1. The van der Waals surface area contributed by atoms with Crippen molar-refractivity contribution >= 4 is 11.5 Å². The molecule has 5 aliphatic carbocycles. The number of carboxylic acids is 1. The smallest absolute Gasteiger partial charge is 0.309 e. The minimum atomic E-state index is -0.549. The van der Waals surface area contributed by atoms with Gasteiger partial charge in [0.1, 0.15) is 5.75 Å². The molecular weight excluding hydrogens is 480 g/mol. The molecule has 3 heteroatoms. The maximum Gasteiger partial charge on any atom is 0.309 e. The van der Waals surface area contributed by atoms with Crippen LogP contribution in [0, 0.1) is 56.7 Å². The highest BCUT2D eigenvalue weighted by Gasteiger charge is 2.71. The first kappa shape index (κ1) is 27.2. The van der Waals surface area contributed by atoms with E-state index in [1.807, 2.05) is 12.1 Å². The van der Waals surface area contributed by atoms with Crippen LogP contribution in [0.5, 0.6) is 5.75 Å². The summed E-state index contributed by atoms with van der Waals surface area (Å²) in [6.07, 6.45) is 12.2. The van der Waals surface area contributed by atoms with Gasteiger partial charge in [0.2, 0.25) is 0 Å². The summed E-state index contributed by atoms with van der Waals surface area (Å²) in [5.41, 5.74) is 4.01. The molecule has 0 saturated heterocycles. The molecule has 0 spiro atoms. The fourth-order valence-corrected chi connectivity index (χ4v) is 12.3. The van der Waals surface area contributed by atoms with E-state index in [1.54, 1.807) is 0 Å². The van der Waals surface area contributed by atoms with Crippen LogP contribution in [-0.4, -0.2) is 16.2 Å². The molecule has 0 aliphatic heterocycles. The number of phenolic OH excluding ortho intramolecular Hbond substituents is 1. The number of allylic oxidation sites excluding steroid dienone is 3. The Labute approximate surface area is 236 Å². The molecule has 212 valence electrons. The number of aliphatic carboxylic acids is 1. The molecule has 2 N–H and O–H groups in total.